The molecule has 1 rings (SSSR count). The fraction of sp³-hybridized carbons (Fsp3) is 0.909. The molecule has 0 bridgehead atoms. The summed E-state index contributed by atoms with van der Waals surface area (Å²) in [6.45, 7) is 6.69. The van der Waals surface area contributed by atoms with Crippen molar-refractivity contribution in [1.29, 1.82) is 0 Å². The molecule has 0 radical (unpaired) electrons. The lowest BCUT2D eigenvalue weighted by molar-refractivity contribution is 0.444. The van der Waals surface area contributed by atoms with Crippen molar-refractivity contribution in [3.63, 3.8) is 0 Å². The van der Waals surface area contributed by atoms with Gasteiger partial charge in [-0.25, -0.2) is 12.7 Å². The van der Waals surface area contributed by atoms with E-state index in [0.29, 0.717) is 19.0 Å². The second-order valence-electron chi connectivity index (χ2n) is 4.24. The van der Waals surface area contributed by atoms with E-state index in [0.717, 1.165) is 24.6 Å². The van der Waals surface area contributed by atoms with Crippen LogP contribution in [0.15, 0.2) is 4.99 Å². The summed E-state index contributed by atoms with van der Waals surface area (Å²) in [5.74, 6) is 2.59. The van der Waals surface area contributed by atoms with Crippen LogP contribution in [0.25, 0.3) is 0 Å². The summed E-state index contributed by atoms with van der Waals surface area (Å²) in [5.41, 5.74) is 5.88. The number of guanidine groups is 1. The van der Waals surface area contributed by atoms with Gasteiger partial charge in [0.25, 0.3) is 0 Å². The van der Waals surface area contributed by atoms with Crippen LogP contribution in [0.1, 0.15) is 13.8 Å². The minimum atomic E-state index is -3.20. The molecule has 0 spiro atoms. The van der Waals surface area contributed by atoms with Gasteiger partial charge in [-0.05, 0) is 0 Å². The van der Waals surface area contributed by atoms with E-state index in [1.54, 1.807) is 0 Å². The molecule has 112 valence electrons. The van der Waals surface area contributed by atoms with Gasteiger partial charge in [-0.2, -0.15) is 11.8 Å². The minimum absolute atomic E-state index is 0.0258. The van der Waals surface area contributed by atoms with Crippen LogP contribution in [0.3, 0.4) is 0 Å². The molecule has 0 saturated carbocycles. The maximum atomic E-state index is 11.9. The Bertz CT molecular complexity index is 387. The van der Waals surface area contributed by atoms with E-state index >= 15 is 0 Å². The molecule has 0 aromatic heterocycles. The van der Waals surface area contributed by atoms with E-state index in [1.165, 1.54) is 4.31 Å². The Morgan fingerprint density at radius 2 is 1.89 bits per heavy atom. The zero-order valence-corrected chi connectivity index (χ0v) is 13.3. The van der Waals surface area contributed by atoms with Crippen LogP contribution in [0.2, 0.25) is 0 Å². The molecule has 1 aliphatic rings. The molecule has 1 aliphatic heterocycles. The standard InChI is InChI=1S/C11H24N4O2S2/c1-3-15(4-2)19(16,17)10-5-13-11(12)14-6-8-18-9-7-14/h3-10H2,1-2H3,(H2,12,13). The van der Waals surface area contributed by atoms with Crippen molar-refractivity contribution in [3.05, 3.63) is 0 Å². The van der Waals surface area contributed by atoms with Crippen LogP contribution in [-0.4, -0.2) is 73.6 Å². The van der Waals surface area contributed by atoms with Gasteiger partial charge in [-0.15, -0.1) is 0 Å². The molecular weight excluding hydrogens is 284 g/mol. The van der Waals surface area contributed by atoms with Gasteiger partial charge >= 0.3 is 0 Å². The highest BCUT2D eigenvalue weighted by Gasteiger charge is 2.18. The summed E-state index contributed by atoms with van der Waals surface area (Å²) in [7, 11) is -3.20. The number of aliphatic imine (C=N–C) groups is 1. The molecule has 0 aliphatic carbocycles. The number of nitrogens with zero attached hydrogens (tertiary/aromatic N) is 3. The molecule has 2 N–H and O–H groups in total. The van der Waals surface area contributed by atoms with Crippen molar-refractivity contribution in [3.8, 4) is 0 Å². The monoisotopic (exact) mass is 308 g/mol. The Morgan fingerprint density at radius 1 is 1.32 bits per heavy atom. The first-order valence-corrected chi connectivity index (χ1v) is 9.38. The second-order valence-corrected chi connectivity index (χ2v) is 7.55. The van der Waals surface area contributed by atoms with Crippen LogP contribution in [-0.2, 0) is 10.0 Å². The molecular formula is C11H24N4O2S2. The minimum Gasteiger partial charge on any atom is -0.370 e. The van der Waals surface area contributed by atoms with E-state index in [9.17, 15) is 8.42 Å². The Balaban J connectivity index is 2.47. The molecule has 0 aromatic carbocycles. The van der Waals surface area contributed by atoms with Gasteiger partial charge in [-0.3, -0.25) is 4.99 Å². The molecule has 0 aromatic rings. The van der Waals surface area contributed by atoms with Crippen LogP contribution in [0, 0.1) is 0 Å². The lowest BCUT2D eigenvalue weighted by Gasteiger charge is -2.27. The summed E-state index contributed by atoms with van der Waals surface area (Å²) in [4.78, 5) is 6.20. The van der Waals surface area contributed by atoms with Crippen LogP contribution in [0.5, 0.6) is 0 Å². The van der Waals surface area contributed by atoms with Crippen molar-refractivity contribution in [2.24, 2.45) is 10.7 Å². The van der Waals surface area contributed by atoms with Crippen molar-refractivity contribution >= 4 is 27.7 Å². The summed E-state index contributed by atoms with van der Waals surface area (Å²) in [5, 5.41) is 0. The normalized spacial score (nSPS) is 18.1. The smallest absolute Gasteiger partial charge is 0.215 e. The van der Waals surface area contributed by atoms with Crippen LogP contribution < -0.4 is 5.73 Å². The molecule has 1 saturated heterocycles. The quantitative estimate of drug-likeness (QED) is 0.553. The first kappa shape index (κ1) is 16.6. The molecule has 8 heteroatoms. The zero-order chi connectivity index (χ0) is 14.3. The third kappa shape index (κ3) is 5.19. The van der Waals surface area contributed by atoms with Gasteiger partial charge in [0.05, 0.1) is 12.3 Å². The van der Waals surface area contributed by atoms with Crippen LogP contribution >= 0.6 is 11.8 Å². The third-order valence-corrected chi connectivity index (χ3v) is 6.00. The fourth-order valence-electron chi connectivity index (χ4n) is 1.91. The average molecular weight is 308 g/mol. The van der Waals surface area contributed by atoms with E-state index in [4.69, 9.17) is 5.73 Å². The predicted octanol–water partition coefficient (Wildman–Crippen LogP) is 0.0215. The van der Waals surface area contributed by atoms with Gasteiger partial charge in [0, 0.05) is 37.7 Å². The van der Waals surface area contributed by atoms with Crippen molar-refractivity contribution in [2.75, 3.05) is 50.0 Å². The maximum Gasteiger partial charge on any atom is 0.215 e. The molecule has 1 heterocycles. The summed E-state index contributed by atoms with van der Waals surface area (Å²) >= 11 is 1.90. The van der Waals surface area contributed by atoms with Gasteiger partial charge in [0.15, 0.2) is 5.96 Å². The summed E-state index contributed by atoms with van der Waals surface area (Å²) < 4.78 is 25.4. The number of thioether (sulfide) groups is 1. The summed E-state index contributed by atoms with van der Waals surface area (Å²) in [6, 6.07) is 0. The highest BCUT2D eigenvalue weighted by Crippen LogP contribution is 2.08. The topological polar surface area (TPSA) is 79.0 Å². The second kappa shape index (κ2) is 7.96. The number of hydrogen-bond donors (Lipinski definition) is 1. The Hall–Kier alpha value is -0.470. The first-order chi connectivity index (χ1) is 9.01. The SMILES string of the molecule is CCN(CC)S(=O)(=O)CCN=C(N)N1CCSCC1. The maximum absolute atomic E-state index is 11.9. The third-order valence-electron chi connectivity index (χ3n) is 3.06. The summed E-state index contributed by atoms with van der Waals surface area (Å²) in [6.07, 6.45) is 0. The lowest BCUT2D eigenvalue weighted by atomic mass is 10.5. The van der Waals surface area contributed by atoms with Crippen molar-refractivity contribution < 1.29 is 8.42 Å². The van der Waals surface area contributed by atoms with Gasteiger partial charge in [0.2, 0.25) is 10.0 Å². The Kier molecular flexibility index (Phi) is 6.95. The largest absolute Gasteiger partial charge is 0.370 e. The fourth-order valence-corrected chi connectivity index (χ4v) is 4.18. The van der Waals surface area contributed by atoms with Crippen molar-refractivity contribution in [1.82, 2.24) is 9.21 Å². The first-order valence-electron chi connectivity index (χ1n) is 6.61. The molecule has 6 nitrogen and oxygen atoms in total. The molecule has 0 unspecified atom stereocenters. The molecule has 0 atom stereocenters. The average Bonchev–Trinajstić information content (AvgIpc) is 2.40. The highest BCUT2D eigenvalue weighted by atomic mass is 32.2. The van der Waals surface area contributed by atoms with E-state index in [-0.39, 0.29) is 12.3 Å². The highest BCUT2D eigenvalue weighted by molar-refractivity contribution is 7.99. The van der Waals surface area contributed by atoms with Gasteiger partial charge < -0.3 is 10.6 Å². The molecule has 0 amide bonds. The molecule has 19 heavy (non-hydrogen) atoms. The number of rotatable bonds is 6. The Morgan fingerprint density at radius 3 is 2.42 bits per heavy atom. The van der Waals surface area contributed by atoms with Crippen LogP contribution in [0.4, 0.5) is 0 Å². The van der Waals surface area contributed by atoms with Gasteiger partial charge in [0.1, 0.15) is 0 Å². The van der Waals surface area contributed by atoms with Gasteiger partial charge in [-0.1, -0.05) is 13.8 Å². The zero-order valence-electron chi connectivity index (χ0n) is 11.7. The van der Waals surface area contributed by atoms with E-state index in [1.807, 2.05) is 30.5 Å². The number of sulfonamides is 1. The predicted molar refractivity (Wildman–Crippen MR) is 82.1 cm³/mol. The Labute approximate surface area is 120 Å². The van der Waals surface area contributed by atoms with E-state index < -0.39 is 10.0 Å². The van der Waals surface area contributed by atoms with E-state index in [2.05, 4.69) is 4.99 Å². The van der Waals surface area contributed by atoms with Crippen molar-refractivity contribution in [2.45, 2.75) is 13.8 Å². The lowest BCUT2D eigenvalue weighted by Crippen LogP contribution is -2.43. The molecule has 1 fully saturated rings. The number of hydrogen-bond acceptors (Lipinski definition) is 4. The number of nitrogens with two attached hydrogens (primary N) is 1.